The van der Waals surface area contributed by atoms with Gasteiger partial charge >= 0.3 is 6.18 Å². The molecule has 130 valence electrons. The summed E-state index contributed by atoms with van der Waals surface area (Å²) in [7, 11) is 0. The fourth-order valence-electron chi connectivity index (χ4n) is 2.30. The molecule has 1 saturated heterocycles. The third-order valence-electron chi connectivity index (χ3n) is 3.52. The molecule has 1 amide bonds. The molecule has 2 N–H and O–H groups in total. The predicted molar refractivity (Wildman–Crippen MR) is 77.9 cm³/mol. The monoisotopic (exact) mass is 356 g/mol. The van der Waals surface area contributed by atoms with Gasteiger partial charge in [0.1, 0.15) is 6.10 Å². The molecule has 0 unspecified atom stereocenters. The Morgan fingerprint density at radius 2 is 1.91 bits per heavy atom. The van der Waals surface area contributed by atoms with E-state index < -0.39 is 29.4 Å². The topological polar surface area (TPSA) is 55.6 Å². The number of benzene rings is 1. The van der Waals surface area contributed by atoms with Crippen molar-refractivity contribution >= 4 is 18.3 Å². The number of halogens is 5. The average molecular weight is 357 g/mol. The molecule has 0 atom stereocenters. The number of nitrogens with zero attached hydrogens (tertiary/aromatic N) is 1. The van der Waals surface area contributed by atoms with E-state index in [1.807, 2.05) is 0 Å². The number of piperidine rings is 1. The van der Waals surface area contributed by atoms with Crippen molar-refractivity contribution in [1.82, 2.24) is 4.90 Å². The highest BCUT2D eigenvalue weighted by molar-refractivity contribution is 5.85. The van der Waals surface area contributed by atoms with Crippen LogP contribution in [0.4, 0.5) is 17.6 Å². The number of nitrogens with two attached hydrogens (primary N) is 1. The predicted octanol–water partition coefficient (Wildman–Crippen LogP) is 2.59. The second kappa shape index (κ2) is 7.83. The van der Waals surface area contributed by atoms with Crippen molar-refractivity contribution in [2.45, 2.75) is 25.1 Å². The lowest BCUT2D eigenvalue weighted by Gasteiger charge is -2.32. The van der Waals surface area contributed by atoms with Crippen molar-refractivity contribution < 1.29 is 27.1 Å². The molecule has 0 spiro atoms. The molecule has 0 aromatic heterocycles. The Morgan fingerprint density at radius 3 is 2.43 bits per heavy atom. The molecule has 9 heteroatoms. The van der Waals surface area contributed by atoms with Gasteiger partial charge in [-0.1, -0.05) is 0 Å². The van der Waals surface area contributed by atoms with Gasteiger partial charge in [0, 0.05) is 25.9 Å². The molecule has 1 aromatic rings. The standard InChI is InChI=1S/C14H16F4N2O2.ClH/c15-11-2-1-9(14(16,17)18)7-12(11)22-10-3-5-20(6-4-10)13(21)8-19;/h1-2,7,10H,3-6,8,19H2;1H. The minimum absolute atomic E-state index is 0. The first-order valence-electron chi connectivity index (χ1n) is 6.82. The highest BCUT2D eigenvalue weighted by atomic mass is 35.5. The Labute approximate surface area is 137 Å². The number of amides is 1. The first-order valence-corrected chi connectivity index (χ1v) is 6.82. The van der Waals surface area contributed by atoms with Gasteiger partial charge in [-0.2, -0.15) is 13.2 Å². The molecular weight excluding hydrogens is 340 g/mol. The molecule has 1 heterocycles. The van der Waals surface area contributed by atoms with Crippen LogP contribution in [0.5, 0.6) is 5.75 Å². The molecule has 1 fully saturated rings. The highest BCUT2D eigenvalue weighted by Gasteiger charge is 2.32. The van der Waals surface area contributed by atoms with E-state index in [9.17, 15) is 22.4 Å². The van der Waals surface area contributed by atoms with E-state index in [0.29, 0.717) is 38.1 Å². The van der Waals surface area contributed by atoms with Crippen molar-refractivity contribution in [3.63, 3.8) is 0 Å². The normalized spacial score (nSPS) is 16.0. The summed E-state index contributed by atoms with van der Waals surface area (Å²) in [6, 6.07) is 2.07. The summed E-state index contributed by atoms with van der Waals surface area (Å²) >= 11 is 0. The van der Waals surface area contributed by atoms with Crippen molar-refractivity contribution in [2.24, 2.45) is 5.73 Å². The van der Waals surface area contributed by atoms with Gasteiger partial charge in [-0.3, -0.25) is 4.79 Å². The average Bonchev–Trinajstić information content (AvgIpc) is 2.48. The molecule has 0 bridgehead atoms. The summed E-state index contributed by atoms with van der Waals surface area (Å²) in [5, 5.41) is 0. The Kier molecular flexibility index (Phi) is 6.64. The van der Waals surface area contributed by atoms with Crippen LogP contribution >= 0.6 is 12.4 Å². The third kappa shape index (κ3) is 4.97. The Morgan fingerprint density at radius 1 is 1.30 bits per heavy atom. The second-order valence-corrected chi connectivity index (χ2v) is 5.05. The first kappa shape index (κ1) is 19.5. The van der Waals surface area contributed by atoms with Crippen LogP contribution in [0.1, 0.15) is 18.4 Å². The molecule has 0 aliphatic carbocycles. The maximum atomic E-state index is 13.6. The molecule has 2 rings (SSSR count). The van der Waals surface area contributed by atoms with Crippen LogP contribution in [-0.2, 0) is 11.0 Å². The number of carbonyl (C=O) groups is 1. The van der Waals surface area contributed by atoms with Gasteiger partial charge in [0.05, 0.1) is 12.1 Å². The fraction of sp³-hybridized carbons (Fsp3) is 0.500. The van der Waals surface area contributed by atoms with E-state index in [1.165, 1.54) is 0 Å². The van der Waals surface area contributed by atoms with Crippen LogP contribution < -0.4 is 10.5 Å². The fourth-order valence-corrected chi connectivity index (χ4v) is 2.30. The minimum Gasteiger partial charge on any atom is -0.487 e. The Hall–Kier alpha value is -1.54. The molecule has 23 heavy (non-hydrogen) atoms. The lowest BCUT2D eigenvalue weighted by molar-refractivity contribution is -0.138. The molecule has 0 radical (unpaired) electrons. The summed E-state index contributed by atoms with van der Waals surface area (Å²) < 4.78 is 56.8. The number of ether oxygens (including phenoxy) is 1. The van der Waals surface area contributed by atoms with E-state index in [4.69, 9.17) is 10.5 Å². The molecule has 4 nitrogen and oxygen atoms in total. The molecule has 0 saturated carbocycles. The molecule has 1 aliphatic heterocycles. The van der Waals surface area contributed by atoms with Crippen LogP contribution in [0.15, 0.2) is 18.2 Å². The van der Waals surface area contributed by atoms with Crippen LogP contribution in [0.25, 0.3) is 0 Å². The van der Waals surface area contributed by atoms with Crippen LogP contribution in [-0.4, -0.2) is 36.5 Å². The lowest BCUT2D eigenvalue weighted by Crippen LogP contribution is -2.44. The number of likely N-dealkylation sites (tertiary alicyclic amines) is 1. The van der Waals surface area contributed by atoms with E-state index in [2.05, 4.69) is 0 Å². The molecule has 1 aromatic carbocycles. The van der Waals surface area contributed by atoms with Gasteiger partial charge in [-0.15, -0.1) is 12.4 Å². The van der Waals surface area contributed by atoms with Gasteiger partial charge < -0.3 is 15.4 Å². The van der Waals surface area contributed by atoms with Crippen molar-refractivity contribution in [2.75, 3.05) is 19.6 Å². The van der Waals surface area contributed by atoms with Gasteiger partial charge in [0.25, 0.3) is 0 Å². The van der Waals surface area contributed by atoms with E-state index in [-0.39, 0.29) is 24.9 Å². The number of alkyl halides is 3. The number of carbonyl (C=O) groups excluding carboxylic acids is 1. The minimum atomic E-state index is -4.55. The zero-order chi connectivity index (χ0) is 16.3. The second-order valence-electron chi connectivity index (χ2n) is 5.05. The van der Waals surface area contributed by atoms with Crippen molar-refractivity contribution in [3.05, 3.63) is 29.6 Å². The smallest absolute Gasteiger partial charge is 0.416 e. The summed E-state index contributed by atoms with van der Waals surface area (Å²) in [6.07, 6.45) is -4.15. The highest BCUT2D eigenvalue weighted by Crippen LogP contribution is 2.33. The number of hydrogen-bond donors (Lipinski definition) is 1. The van der Waals surface area contributed by atoms with Crippen LogP contribution in [0.3, 0.4) is 0 Å². The SMILES string of the molecule is Cl.NCC(=O)N1CCC(Oc2cc(C(F)(F)F)ccc2F)CC1. The third-order valence-corrected chi connectivity index (χ3v) is 3.52. The van der Waals surface area contributed by atoms with Gasteiger partial charge in [-0.25, -0.2) is 4.39 Å². The van der Waals surface area contributed by atoms with E-state index in [0.717, 1.165) is 6.07 Å². The molecular formula is C14H17ClF4N2O2. The van der Waals surface area contributed by atoms with Crippen LogP contribution in [0.2, 0.25) is 0 Å². The summed E-state index contributed by atoms with van der Waals surface area (Å²) in [4.78, 5) is 13.0. The van der Waals surface area contributed by atoms with Crippen LogP contribution in [0, 0.1) is 5.82 Å². The zero-order valence-electron chi connectivity index (χ0n) is 12.1. The first-order chi connectivity index (χ1) is 10.3. The van der Waals surface area contributed by atoms with Gasteiger partial charge in [0.2, 0.25) is 5.91 Å². The van der Waals surface area contributed by atoms with Crippen molar-refractivity contribution in [3.8, 4) is 5.75 Å². The Balaban J connectivity index is 0.00000264. The maximum Gasteiger partial charge on any atom is 0.416 e. The summed E-state index contributed by atoms with van der Waals surface area (Å²) in [6.45, 7) is 0.691. The lowest BCUT2D eigenvalue weighted by atomic mass is 10.1. The van der Waals surface area contributed by atoms with E-state index >= 15 is 0 Å². The quantitative estimate of drug-likeness (QED) is 0.847. The molecule has 1 aliphatic rings. The number of rotatable bonds is 3. The van der Waals surface area contributed by atoms with Gasteiger partial charge in [0.15, 0.2) is 11.6 Å². The maximum absolute atomic E-state index is 13.6. The number of hydrogen-bond acceptors (Lipinski definition) is 3. The van der Waals surface area contributed by atoms with Crippen molar-refractivity contribution in [1.29, 1.82) is 0 Å². The summed E-state index contributed by atoms with van der Waals surface area (Å²) in [5.41, 5.74) is 4.30. The summed E-state index contributed by atoms with van der Waals surface area (Å²) in [5.74, 6) is -1.45. The van der Waals surface area contributed by atoms with Gasteiger partial charge in [-0.05, 0) is 18.2 Å². The zero-order valence-corrected chi connectivity index (χ0v) is 12.9. The van der Waals surface area contributed by atoms with E-state index in [1.54, 1.807) is 4.90 Å². The Bertz CT molecular complexity index is 546. The largest absolute Gasteiger partial charge is 0.487 e.